The summed E-state index contributed by atoms with van der Waals surface area (Å²) in [6, 6.07) is 5.18. The molecule has 1 N–H and O–H groups in total. The molecule has 0 aliphatic heterocycles. The molecule has 6 nitrogen and oxygen atoms in total. The first-order valence-electron chi connectivity index (χ1n) is 5.64. The fourth-order valence-electron chi connectivity index (χ4n) is 1.75. The van der Waals surface area contributed by atoms with E-state index in [9.17, 15) is 10.1 Å². The number of nitrogens with zero attached hydrogens (tertiary/aromatic N) is 3. The minimum atomic E-state index is -0.386. The lowest BCUT2D eigenvalue weighted by atomic mass is 10.2. The summed E-state index contributed by atoms with van der Waals surface area (Å²) in [6.07, 6.45) is 1.87. The van der Waals surface area contributed by atoms with Crippen molar-refractivity contribution in [2.75, 3.05) is 5.32 Å². The quantitative estimate of drug-likeness (QED) is 0.693. The van der Waals surface area contributed by atoms with Crippen LogP contribution >= 0.6 is 15.9 Å². The van der Waals surface area contributed by atoms with E-state index in [-0.39, 0.29) is 10.6 Å². The predicted octanol–water partition coefficient (Wildman–Crippen LogP) is 3.01. The molecule has 0 saturated carbocycles. The molecule has 0 fully saturated rings. The first-order chi connectivity index (χ1) is 8.97. The molecule has 100 valence electrons. The molecule has 0 aliphatic rings. The van der Waals surface area contributed by atoms with Crippen molar-refractivity contribution in [3.05, 3.63) is 50.2 Å². The number of nitrogens with one attached hydrogen (secondary N) is 1. The van der Waals surface area contributed by atoms with E-state index in [4.69, 9.17) is 0 Å². The number of halogens is 1. The van der Waals surface area contributed by atoms with Gasteiger partial charge in [0.2, 0.25) is 0 Å². The minimum Gasteiger partial charge on any atom is -0.378 e. The number of hydrogen-bond acceptors (Lipinski definition) is 4. The molecule has 1 aromatic carbocycles. The van der Waals surface area contributed by atoms with Gasteiger partial charge in [-0.3, -0.25) is 14.8 Å². The number of nitro benzene ring substituents is 1. The van der Waals surface area contributed by atoms with Gasteiger partial charge in [0.15, 0.2) is 0 Å². The van der Waals surface area contributed by atoms with Crippen LogP contribution in [0.2, 0.25) is 0 Å². The maximum Gasteiger partial charge on any atom is 0.273 e. The van der Waals surface area contributed by atoms with Gasteiger partial charge in [-0.25, -0.2) is 0 Å². The third-order valence-electron chi connectivity index (χ3n) is 2.71. The van der Waals surface area contributed by atoms with Gasteiger partial charge in [0.1, 0.15) is 0 Å². The van der Waals surface area contributed by atoms with Gasteiger partial charge in [-0.15, -0.1) is 0 Å². The molecule has 0 saturated heterocycles. The number of rotatable bonds is 4. The van der Waals surface area contributed by atoms with E-state index in [0.717, 1.165) is 11.4 Å². The van der Waals surface area contributed by atoms with Crippen LogP contribution in [0.4, 0.5) is 11.4 Å². The topological polar surface area (TPSA) is 73.0 Å². The highest BCUT2D eigenvalue weighted by Gasteiger charge is 2.14. The van der Waals surface area contributed by atoms with Crippen LogP contribution in [0.3, 0.4) is 0 Å². The Bertz CT molecular complexity index is 624. The molecular formula is C12H13BrN4O2. The molecule has 19 heavy (non-hydrogen) atoms. The maximum absolute atomic E-state index is 10.8. The van der Waals surface area contributed by atoms with Gasteiger partial charge in [-0.05, 0) is 35.0 Å². The molecule has 0 amide bonds. The van der Waals surface area contributed by atoms with Crippen molar-refractivity contribution in [1.29, 1.82) is 0 Å². The Labute approximate surface area is 118 Å². The molecule has 0 bridgehead atoms. The zero-order valence-electron chi connectivity index (χ0n) is 10.6. The van der Waals surface area contributed by atoms with Crippen molar-refractivity contribution in [2.45, 2.75) is 13.5 Å². The fourth-order valence-corrected chi connectivity index (χ4v) is 2.22. The Morgan fingerprint density at radius 3 is 2.84 bits per heavy atom. The number of aryl methyl sites for hydroxylation is 2. The van der Waals surface area contributed by atoms with Gasteiger partial charge in [0.25, 0.3) is 5.69 Å². The van der Waals surface area contributed by atoms with Gasteiger partial charge < -0.3 is 5.32 Å². The average molecular weight is 325 g/mol. The smallest absolute Gasteiger partial charge is 0.273 e. The van der Waals surface area contributed by atoms with Gasteiger partial charge in [-0.1, -0.05) is 0 Å². The van der Waals surface area contributed by atoms with E-state index in [1.165, 1.54) is 6.07 Å². The van der Waals surface area contributed by atoms with Crippen molar-refractivity contribution in [2.24, 2.45) is 7.05 Å². The van der Waals surface area contributed by atoms with E-state index in [0.29, 0.717) is 16.6 Å². The Hall–Kier alpha value is -1.89. The molecule has 0 aliphatic carbocycles. The van der Waals surface area contributed by atoms with Crippen molar-refractivity contribution >= 4 is 27.3 Å². The van der Waals surface area contributed by atoms with Crippen LogP contribution in [0.25, 0.3) is 0 Å². The highest BCUT2D eigenvalue weighted by atomic mass is 79.9. The lowest BCUT2D eigenvalue weighted by Crippen LogP contribution is -2.03. The van der Waals surface area contributed by atoms with E-state index in [1.54, 1.807) is 17.7 Å². The second-order valence-electron chi connectivity index (χ2n) is 4.21. The summed E-state index contributed by atoms with van der Waals surface area (Å²) in [5.74, 6) is 0. The Morgan fingerprint density at radius 2 is 2.26 bits per heavy atom. The van der Waals surface area contributed by atoms with E-state index in [1.807, 2.05) is 19.3 Å². The first kappa shape index (κ1) is 13.5. The summed E-state index contributed by atoms with van der Waals surface area (Å²) >= 11 is 3.34. The SMILES string of the molecule is Cc1cc(NCc2ccn(C)n2)c(Br)cc1[N+](=O)[O-]. The Kier molecular flexibility index (Phi) is 3.84. The lowest BCUT2D eigenvalue weighted by Gasteiger charge is -2.08. The fraction of sp³-hybridized carbons (Fsp3) is 0.250. The van der Waals surface area contributed by atoms with Crippen LogP contribution in [-0.2, 0) is 13.6 Å². The molecular weight excluding hydrogens is 312 g/mol. The zero-order chi connectivity index (χ0) is 14.0. The van der Waals surface area contributed by atoms with Crippen LogP contribution in [0.5, 0.6) is 0 Å². The maximum atomic E-state index is 10.8. The Balaban J connectivity index is 2.17. The van der Waals surface area contributed by atoms with Crippen LogP contribution in [-0.4, -0.2) is 14.7 Å². The molecule has 0 radical (unpaired) electrons. The largest absolute Gasteiger partial charge is 0.378 e. The van der Waals surface area contributed by atoms with Gasteiger partial charge in [0.05, 0.1) is 17.2 Å². The number of aromatic nitrogens is 2. The van der Waals surface area contributed by atoms with Crippen molar-refractivity contribution < 1.29 is 4.92 Å². The predicted molar refractivity (Wildman–Crippen MR) is 76.1 cm³/mol. The zero-order valence-corrected chi connectivity index (χ0v) is 12.1. The number of nitro groups is 1. The van der Waals surface area contributed by atoms with E-state index in [2.05, 4.69) is 26.3 Å². The van der Waals surface area contributed by atoms with Crippen molar-refractivity contribution in [1.82, 2.24) is 9.78 Å². The Morgan fingerprint density at radius 1 is 1.53 bits per heavy atom. The van der Waals surface area contributed by atoms with Crippen LogP contribution in [0, 0.1) is 17.0 Å². The summed E-state index contributed by atoms with van der Waals surface area (Å²) in [4.78, 5) is 10.4. The summed E-state index contributed by atoms with van der Waals surface area (Å²) < 4.78 is 2.40. The minimum absolute atomic E-state index is 0.107. The van der Waals surface area contributed by atoms with Crippen LogP contribution < -0.4 is 5.32 Å². The lowest BCUT2D eigenvalue weighted by molar-refractivity contribution is -0.385. The molecule has 7 heteroatoms. The molecule has 0 unspecified atom stereocenters. The third-order valence-corrected chi connectivity index (χ3v) is 3.37. The van der Waals surface area contributed by atoms with E-state index >= 15 is 0 Å². The number of hydrogen-bond donors (Lipinski definition) is 1. The average Bonchev–Trinajstić information content (AvgIpc) is 2.75. The second kappa shape index (κ2) is 5.40. The van der Waals surface area contributed by atoms with Crippen molar-refractivity contribution in [3.63, 3.8) is 0 Å². The molecule has 2 rings (SSSR count). The summed E-state index contributed by atoms with van der Waals surface area (Å²) in [5, 5.41) is 18.3. The molecule has 0 atom stereocenters. The van der Waals surface area contributed by atoms with Crippen molar-refractivity contribution in [3.8, 4) is 0 Å². The van der Waals surface area contributed by atoms with Gasteiger partial charge in [-0.2, -0.15) is 5.10 Å². The highest BCUT2D eigenvalue weighted by molar-refractivity contribution is 9.10. The molecule has 0 spiro atoms. The molecule has 1 aromatic heterocycles. The van der Waals surface area contributed by atoms with Crippen LogP contribution in [0.1, 0.15) is 11.3 Å². The van der Waals surface area contributed by atoms with Gasteiger partial charge >= 0.3 is 0 Å². The summed E-state index contributed by atoms with van der Waals surface area (Å²) in [6.45, 7) is 2.28. The molecule has 1 heterocycles. The first-order valence-corrected chi connectivity index (χ1v) is 6.43. The van der Waals surface area contributed by atoms with Gasteiger partial charge in [0, 0.05) is 35.0 Å². The molecule has 2 aromatic rings. The summed E-state index contributed by atoms with van der Waals surface area (Å²) in [5.41, 5.74) is 2.45. The number of benzene rings is 1. The number of anilines is 1. The second-order valence-corrected chi connectivity index (χ2v) is 5.06. The summed E-state index contributed by atoms with van der Waals surface area (Å²) in [7, 11) is 1.86. The highest BCUT2D eigenvalue weighted by Crippen LogP contribution is 2.30. The third kappa shape index (κ3) is 3.11. The normalized spacial score (nSPS) is 10.5. The van der Waals surface area contributed by atoms with E-state index < -0.39 is 0 Å². The standard InChI is InChI=1S/C12H13BrN4O2/c1-8-5-11(10(13)6-12(8)17(18)19)14-7-9-3-4-16(2)15-9/h3-6,14H,7H2,1-2H3. The monoisotopic (exact) mass is 324 g/mol. The van der Waals surface area contributed by atoms with Crippen LogP contribution in [0.15, 0.2) is 28.9 Å².